The number of hydrogen-bond acceptors (Lipinski definition) is 5. The van der Waals surface area contributed by atoms with Crippen LogP contribution in [0.3, 0.4) is 0 Å². The molecule has 1 aliphatic heterocycles. The van der Waals surface area contributed by atoms with Gasteiger partial charge in [0.15, 0.2) is 0 Å². The minimum atomic E-state index is -1.28. The second-order valence-corrected chi connectivity index (χ2v) is 7.78. The van der Waals surface area contributed by atoms with E-state index in [0.717, 1.165) is 4.90 Å². The summed E-state index contributed by atoms with van der Waals surface area (Å²) in [5.41, 5.74) is 0.274. The van der Waals surface area contributed by atoms with Crippen LogP contribution in [0.15, 0.2) is 48.5 Å². The number of anilines is 1. The molecular weight excluding hydrogens is 424 g/mol. The Morgan fingerprint density at radius 1 is 1.03 bits per heavy atom. The number of hydrogen-bond donors (Lipinski definition) is 2. The van der Waals surface area contributed by atoms with E-state index in [1.165, 1.54) is 7.11 Å². The van der Waals surface area contributed by atoms with Crippen molar-refractivity contribution in [1.82, 2.24) is 15.1 Å². The highest BCUT2D eigenvalue weighted by Gasteiger charge is 2.49. The van der Waals surface area contributed by atoms with Crippen LogP contribution in [-0.2, 0) is 15.1 Å². The van der Waals surface area contributed by atoms with E-state index in [1.54, 1.807) is 60.4 Å². The molecule has 2 aromatic carbocycles. The molecule has 0 bridgehead atoms. The summed E-state index contributed by atoms with van der Waals surface area (Å²) in [5.74, 6) is -0.511. The van der Waals surface area contributed by atoms with E-state index in [1.807, 2.05) is 13.8 Å². The first-order valence-corrected chi connectivity index (χ1v) is 10.7. The topological polar surface area (TPSA) is 108 Å². The van der Waals surface area contributed by atoms with Crippen LogP contribution in [-0.4, -0.2) is 60.3 Å². The van der Waals surface area contributed by atoms with Crippen molar-refractivity contribution in [2.75, 3.05) is 32.1 Å². The molecule has 1 aliphatic rings. The highest BCUT2D eigenvalue weighted by molar-refractivity contribution is 6.10. The van der Waals surface area contributed by atoms with Gasteiger partial charge in [-0.2, -0.15) is 0 Å². The molecule has 5 amide bonds. The number of amides is 5. The first-order chi connectivity index (χ1) is 15.7. The number of nitrogens with zero attached hydrogens (tertiary/aromatic N) is 2. The van der Waals surface area contributed by atoms with Gasteiger partial charge in [0, 0.05) is 24.3 Å². The Labute approximate surface area is 192 Å². The lowest BCUT2D eigenvalue weighted by Crippen LogP contribution is -2.42. The number of carbonyl (C=O) groups is 4. The zero-order valence-electron chi connectivity index (χ0n) is 19.2. The lowest BCUT2D eigenvalue weighted by Gasteiger charge is -2.22. The van der Waals surface area contributed by atoms with Gasteiger partial charge in [-0.15, -0.1) is 0 Å². The van der Waals surface area contributed by atoms with Gasteiger partial charge in [-0.05, 0) is 62.7 Å². The summed E-state index contributed by atoms with van der Waals surface area (Å²) in [7, 11) is 1.54. The number of methoxy groups -OCH3 is 1. The highest BCUT2D eigenvalue weighted by atomic mass is 16.5. The van der Waals surface area contributed by atoms with Crippen LogP contribution in [0.2, 0.25) is 0 Å². The summed E-state index contributed by atoms with van der Waals surface area (Å²) in [5, 5.41) is 5.33. The van der Waals surface area contributed by atoms with E-state index in [-0.39, 0.29) is 5.91 Å². The summed E-state index contributed by atoms with van der Waals surface area (Å²) in [6.45, 7) is 6.19. The molecule has 0 radical (unpaired) electrons. The number of benzene rings is 2. The minimum Gasteiger partial charge on any atom is -0.497 e. The molecule has 2 aromatic rings. The summed E-state index contributed by atoms with van der Waals surface area (Å²) in [4.78, 5) is 53.0. The van der Waals surface area contributed by atoms with Crippen LogP contribution in [0.4, 0.5) is 10.5 Å². The highest BCUT2D eigenvalue weighted by Crippen LogP contribution is 2.30. The molecule has 0 spiro atoms. The normalized spacial score (nSPS) is 17.5. The Morgan fingerprint density at radius 2 is 1.64 bits per heavy atom. The van der Waals surface area contributed by atoms with Crippen molar-refractivity contribution in [2.24, 2.45) is 0 Å². The Balaban J connectivity index is 1.66. The quantitative estimate of drug-likeness (QED) is 0.599. The van der Waals surface area contributed by atoms with E-state index in [4.69, 9.17) is 4.74 Å². The Hall–Kier alpha value is -3.88. The average molecular weight is 453 g/mol. The number of imide groups is 1. The first-order valence-electron chi connectivity index (χ1n) is 10.7. The monoisotopic (exact) mass is 452 g/mol. The van der Waals surface area contributed by atoms with Gasteiger partial charge in [0.05, 0.1) is 7.11 Å². The van der Waals surface area contributed by atoms with E-state index in [2.05, 4.69) is 10.6 Å². The number of urea groups is 1. The van der Waals surface area contributed by atoms with Crippen LogP contribution in [0.25, 0.3) is 0 Å². The molecule has 1 unspecified atom stereocenters. The number of rotatable bonds is 8. The Bertz CT molecular complexity index is 1050. The third-order valence-electron chi connectivity index (χ3n) is 5.71. The summed E-state index contributed by atoms with van der Waals surface area (Å²) in [6.07, 6.45) is 0. The Kier molecular flexibility index (Phi) is 7.01. The molecule has 33 heavy (non-hydrogen) atoms. The average Bonchev–Trinajstić information content (AvgIpc) is 3.04. The number of nitrogens with one attached hydrogen (secondary N) is 2. The van der Waals surface area contributed by atoms with Crippen LogP contribution in [0.5, 0.6) is 5.75 Å². The lowest BCUT2D eigenvalue weighted by atomic mass is 9.92. The van der Waals surface area contributed by atoms with Crippen LogP contribution >= 0.6 is 0 Å². The summed E-state index contributed by atoms with van der Waals surface area (Å²) >= 11 is 0. The van der Waals surface area contributed by atoms with Crippen molar-refractivity contribution < 1.29 is 23.9 Å². The third kappa shape index (κ3) is 4.82. The molecule has 1 fully saturated rings. The molecule has 1 atom stereocenters. The van der Waals surface area contributed by atoms with E-state index in [0.29, 0.717) is 35.7 Å². The van der Waals surface area contributed by atoms with Crippen LogP contribution in [0.1, 0.15) is 36.7 Å². The maximum atomic E-state index is 13.0. The predicted molar refractivity (Wildman–Crippen MR) is 123 cm³/mol. The molecule has 174 valence electrons. The largest absolute Gasteiger partial charge is 0.497 e. The Morgan fingerprint density at radius 3 is 2.18 bits per heavy atom. The van der Waals surface area contributed by atoms with Crippen molar-refractivity contribution in [3.8, 4) is 5.75 Å². The van der Waals surface area contributed by atoms with Gasteiger partial charge in [0.2, 0.25) is 5.91 Å². The van der Waals surface area contributed by atoms with Crippen molar-refractivity contribution in [3.63, 3.8) is 0 Å². The molecule has 2 N–H and O–H groups in total. The molecular formula is C24H28N4O5. The molecule has 1 saturated heterocycles. The third-order valence-corrected chi connectivity index (χ3v) is 5.71. The molecule has 9 nitrogen and oxygen atoms in total. The van der Waals surface area contributed by atoms with Gasteiger partial charge in [-0.3, -0.25) is 19.3 Å². The predicted octanol–water partition coefficient (Wildman–Crippen LogP) is 2.58. The summed E-state index contributed by atoms with van der Waals surface area (Å²) in [6, 6.07) is 12.6. The van der Waals surface area contributed by atoms with E-state index in [9.17, 15) is 19.2 Å². The fourth-order valence-corrected chi connectivity index (χ4v) is 3.69. The standard InChI is InChI=1S/C24H28N4O5/c1-5-27(6-2)21(30)16-7-11-18(12-8-16)25-20(29)15-28-22(31)24(3,26-23(28)32)17-9-13-19(33-4)14-10-17/h7-14H,5-6,15H2,1-4H3,(H,25,29)(H,26,32). The van der Waals surface area contributed by atoms with Crippen LogP contribution in [0, 0.1) is 0 Å². The maximum absolute atomic E-state index is 13.0. The smallest absolute Gasteiger partial charge is 0.325 e. The van der Waals surface area contributed by atoms with Crippen molar-refractivity contribution in [1.29, 1.82) is 0 Å². The fourth-order valence-electron chi connectivity index (χ4n) is 3.69. The molecule has 0 aliphatic carbocycles. The van der Waals surface area contributed by atoms with Gasteiger partial charge >= 0.3 is 6.03 Å². The zero-order valence-corrected chi connectivity index (χ0v) is 19.2. The zero-order chi connectivity index (χ0) is 24.2. The molecule has 0 saturated carbocycles. The second kappa shape index (κ2) is 9.72. The molecule has 9 heteroatoms. The first kappa shape index (κ1) is 23.8. The van der Waals surface area contributed by atoms with Gasteiger partial charge in [-0.25, -0.2) is 4.79 Å². The molecule has 1 heterocycles. The SMILES string of the molecule is CCN(CC)C(=O)c1ccc(NC(=O)CN2C(=O)NC(C)(c3ccc(OC)cc3)C2=O)cc1. The van der Waals surface area contributed by atoms with Crippen LogP contribution < -0.4 is 15.4 Å². The summed E-state index contributed by atoms with van der Waals surface area (Å²) < 4.78 is 5.13. The maximum Gasteiger partial charge on any atom is 0.325 e. The minimum absolute atomic E-state index is 0.0879. The molecule has 3 rings (SSSR count). The number of carbonyl (C=O) groups excluding carboxylic acids is 4. The van der Waals surface area contributed by atoms with Gasteiger partial charge < -0.3 is 20.3 Å². The van der Waals surface area contributed by atoms with Crippen molar-refractivity contribution >= 4 is 29.4 Å². The van der Waals surface area contributed by atoms with E-state index >= 15 is 0 Å². The van der Waals surface area contributed by atoms with Gasteiger partial charge in [0.1, 0.15) is 17.8 Å². The van der Waals surface area contributed by atoms with Gasteiger partial charge in [0.25, 0.3) is 11.8 Å². The van der Waals surface area contributed by atoms with Crippen molar-refractivity contribution in [2.45, 2.75) is 26.3 Å². The van der Waals surface area contributed by atoms with Crippen molar-refractivity contribution in [3.05, 3.63) is 59.7 Å². The number of ether oxygens (including phenoxy) is 1. The lowest BCUT2D eigenvalue weighted by molar-refractivity contribution is -0.133. The van der Waals surface area contributed by atoms with Gasteiger partial charge in [-0.1, -0.05) is 12.1 Å². The molecule has 0 aromatic heterocycles. The fraction of sp³-hybridized carbons (Fsp3) is 0.333. The van der Waals surface area contributed by atoms with E-state index < -0.39 is 29.9 Å². The second-order valence-electron chi connectivity index (χ2n) is 7.78.